The molecule has 0 aromatic carbocycles. The predicted molar refractivity (Wildman–Crippen MR) is 53.4 cm³/mol. The highest BCUT2D eigenvalue weighted by Gasteiger charge is 2.12. The molecule has 0 unspecified atom stereocenters. The van der Waals surface area contributed by atoms with Crippen LogP contribution in [0.25, 0.3) is 0 Å². The molecule has 0 saturated carbocycles. The van der Waals surface area contributed by atoms with E-state index in [4.69, 9.17) is 0 Å². The SMILES string of the molecule is Cc1nccc(CNC2CNNC2)n1. The van der Waals surface area contributed by atoms with Crippen LogP contribution in [0, 0.1) is 6.92 Å². The summed E-state index contributed by atoms with van der Waals surface area (Å²) >= 11 is 0. The van der Waals surface area contributed by atoms with Gasteiger partial charge in [0.1, 0.15) is 5.82 Å². The van der Waals surface area contributed by atoms with Gasteiger partial charge in [-0.15, -0.1) is 0 Å². The molecule has 2 rings (SSSR count). The van der Waals surface area contributed by atoms with Gasteiger partial charge in [-0.05, 0) is 13.0 Å². The molecule has 0 amide bonds. The van der Waals surface area contributed by atoms with Crippen LogP contribution in [-0.2, 0) is 6.54 Å². The summed E-state index contributed by atoms with van der Waals surface area (Å²) in [4.78, 5) is 8.38. The average Bonchev–Trinajstić information content (AvgIpc) is 2.67. The molecular formula is C9H15N5. The maximum Gasteiger partial charge on any atom is 0.125 e. The standard InChI is InChI=1S/C9H15N5/c1-7-10-3-2-8(14-7)4-11-9-5-12-13-6-9/h2-3,9,11-13H,4-6H2,1H3. The largest absolute Gasteiger partial charge is 0.306 e. The maximum absolute atomic E-state index is 4.32. The molecule has 0 spiro atoms. The van der Waals surface area contributed by atoms with Gasteiger partial charge in [0.05, 0.1) is 5.69 Å². The third-order valence-electron chi connectivity index (χ3n) is 2.23. The van der Waals surface area contributed by atoms with Crippen molar-refractivity contribution in [1.29, 1.82) is 0 Å². The third kappa shape index (κ3) is 2.47. The normalized spacial score (nSPS) is 17.5. The van der Waals surface area contributed by atoms with Gasteiger partial charge in [0.15, 0.2) is 0 Å². The number of nitrogens with zero attached hydrogens (tertiary/aromatic N) is 2. The Morgan fingerprint density at radius 3 is 3.00 bits per heavy atom. The Morgan fingerprint density at radius 2 is 2.29 bits per heavy atom. The number of aryl methyl sites for hydroxylation is 1. The minimum atomic E-state index is 0.491. The highest BCUT2D eigenvalue weighted by atomic mass is 15.4. The molecule has 5 nitrogen and oxygen atoms in total. The second-order valence-corrected chi connectivity index (χ2v) is 3.43. The van der Waals surface area contributed by atoms with E-state index in [1.165, 1.54) is 0 Å². The Morgan fingerprint density at radius 1 is 1.50 bits per heavy atom. The molecule has 1 aliphatic heterocycles. The zero-order valence-corrected chi connectivity index (χ0v) is 8.25. The summed E-state index contributed by atoms with van der Waals surface area (Å²) in [5, 5.41) is 3.41. The van der Waals surface area contributed by atoms with Gasteiger partial charge in [-0.3, -0.25) is 10.9 Å². The van der Waals surface area contributed by atoms with Gasteiger partial charge in [-0.2, -0.15) is 0 Å². The second-order valence-electron chi connectivity index (χ2n) is 3.43. The molecule has 2 heterocycles. The molecule has 14 heavy (non-hydrogen) atoms. The van der Waals surface area contributed by atoms with E-state index in [0.29, 0.717) is 6.04 Å². The number of aromatic nitrogens is 2. The number of hydrazine groups is 1. The number of hydrogen-bond donors (Lipinski definition) is 3. The zero-order valence-electron chi connectivity index (χ0n) is 8.25. The van der Waals surface area contributed by atoms with Crippen molar-refractivity contribution in [2.45, 2.75) is 19.5 Å². The lowest BCUT2D eigenvalue weighted by atomic mass is 10.3. The van der Waals surface area contributed by atoms with Crippen LogP contribution in [0.4, 0.5) is 0 Å². The molecule has 0 aliphatic carbocycles. The summed E-state index contributed by atoms with van der Waals surface area (Å²) in [6.07, 6.45) is 1.80. The molecule has 1 fully saturated rings. The summed E-state index contributed by atoms with van der Waals surface area (Å²) in [6.45, 7) is 4.63. The van der Waals surface area contributed by atoms with E-state index in [0.717, 1.165) is 31.2 Å². The molecule has 1 aliphatic rings. The quantitative estimate of drug-likeness (QED) is 0.595. The van der Waals surface area contributed by atoms with Gasteiger partial charge < -0.3 is 5.32 Å². The first-order valence-electron chi connectivity index (χ1n) is 4.82. The van der Waals surface area contributed by atoms with Crippen LogP contribution in [-0.4, -0.2) is 29.1 Å². The fraction of sp³-hybridized carbons (Fsp3) is 0.556. The van der Waals surface area contributed by atoms with Gasteiger partial charge in [0.25, 0.3) is 0 Å². The van der Waals surface area contributed by atoms with Crippen molar-refractivity contribution in [1.82, 2.24) is 26.1 Å². The van der Waals surface area contributed by atoms with Crippen LogP contribution in [0.15, 0.2) is 12.3 Å². The first-order chi connectivity index (χ1) is 6.84. The van der Waals surface area contributed by atoms with Crippen molar-refractivity contribution >= 4 is 0 Å². The van der Waals surface area contributed by atoms with Crippen molar-refractivity contribution in [2.75, 3.05) is 13.1 Å². The average molecular weight is 193 g/mol. The molecular weight excluding hydrogens is 178 g/mol. The predicted octanol–water partition coefficient (Wildman–Crippen LogP) is -0.649. The topological polar surface area (TPSA) is 61.9 Å². The van der Waals surface area contributed by atoms with E-state index in [9.17, 15) is 0 Å². The van der Waals surface area contributed by atoms with Crippen LogP contribution in [0.3, 0.4) is 0 Å². The van der Waals surface area contributed by atoms with E-state index in [1.807, 2.05) is 13.0 Å². The van der Waals surface area contributed by atoms with E-state index < -0.39 is 0 Å². The minimum Gasteiger partial charge on any atom is -0.306 e. The molecule has 1 aromatic heterocycles. The van der Waals surface area contributed by atoms with Gasteiger partial charge in [0, 0.05) is 31.9 Å². The molecule has 76 valence electrons. The minimum absolute atomic E-state index is 0.491. The third-order valence-corrected chi connectivity index (χ3v) is 2.23. The molecule has 5 heteroatoms. The van der Waals surface area contributed by atoms with E-state index in [2.05, 4.69) is 26.1 Å². The number of nitrogens with one attached hydrogen (secondary N) is 3. The maximum atomic E-state index is 4.32. The monoisotopic (exact) mass is 193 g/mol. The first-order valence-corrected chi connectivity index (χ1v) is 4.82. The van der Waals surface area contributed by atoms with E-state index >= 15 is 0 Å². The Bertz CT molecular complexity index is 295. The lowest BCUT2D eigenvalue weighted by molar-refractivity contribution is 0.558. The summed E-state index contributed by atoms with van der Waals surface area (Å²) in [6, 6.07) is 2.43. The van der Waals surface area contributed by atoms with Crippen molar-refractivity contribution in [3.8, 4) is 0 Å². The first kappa shape index (κ1) is 9.51. The fourth-order valence-electron chi connectivity index (χ4n) is 1.46. The smallest absolute Gasteiger partial charge is 0.125 e. The van der Waals surface area contributed by atoms with E-state index in [1.54, 1.807) is 6.20 Å². The Hall–Kier alpha value is -1.04. The molecule has 0 radical (unpaired) electrons. The van der Waals surface area contributed by atoms with Crippen molar-refractivity contribution < 1.29 is 0 Å². The van der Waals surface area contributed by atoms with Crippen LogP contribution in [0.1, 0.15) is 11.5 Å². The van der Waals surface area contributed by atoms with Crippen LogP contribution < -0.4 is 16.2 Å². The molecule has 0 bridgehead atoms. The summed E-state index contributed by atoms with van der Waals surface area (Å²) in [5.74, 6) is 0.826. The summed E-state index contributed by atoms with van der Waals surface area (Å²) < 4.78 is 0. The molecule has 1 aromatic rings. The lowest BCUT2D eigenvalue weighted by Gasteiger charge is -2.09. The molecule has 1 saturated heterocycles. The molecule has 0 atom stereocenters. The number of hydrogen-bond acceptors (Lipinski definition) is 5. The highest BCUT2D eigenvalue weighted by molar-refractivity contribution is 5.01. The van der Waals surface area contributed by atoms with Gasteiger partial charge in [0.2, 0.25) is 0 Å². The van der Waals surface area contributed by atoms with Crippen molar-refractivity contribution in [3.63, 3.8) is 0 Å². The van der Waals surface area contributed by atoms with Crippen LogP contribution >= 0.6 is 0 Å². The lowest BCUT2D eigenvalue weighted by Crippen LogP contribution is -2.33. The van der Waals surface area contributed by atoms with Crippen molar-refractivity contribution in [3.05, 3.63) is 23.8 Å². The van der Waals surface area contributed by atoms with Crippen molar-refractivity contribution in [2.24, 2.45) is 0 Å². The highest BCUT2D eigenvalue weighted by Crippen LogP contribution is 1.95. The van der Waals surface area contributed by atoms with Crippen LogP contribution in [0.5, 0.6) is 0 Å². The Balaban J connectivity index is 1.85. The fourth-order valence-corrected chi connectivity index (χ4v) is 1.46. The zero-order chi connectivity index (χ0) is 9.80. The van der Waals surface area contributed by atoms with Crippen LogP contribution in [0.2, 0.25) is 0 Å². The summed E-state index contributed by atoms with van der Waals surface area (Å²) in [7, 11) is 0. The van der Waals surface area contributed by atoms with Gasteiger partial charge in [-0.1, -0.05) is 0 Å². The van der Waals surface area contributed by atoms with Gasteiger partial charge in [-0.25, -0.2) is 9.97 Å². The number of rotatable bonds is 3. The van der Waals surface area contributed by atoms with Gasteiger partial charge >= 0.3 is 0 Å². The Labute approximate surface area is 83.3 Å². The second kappa shape index (κ2) is 4.45. The molecule has 3 N–H and O–H groups in total. The summed E-state index contributed by atoms with van der Waals surface area (Å²) in [5.41, 5.74) is 7.20. The Kier molecular flexibility index (Phi) is 3.03. The van der Waals surface area contributed by atoms with E-state index in [-0.39, 0.29) is 0 Å².